The Hall–Kier alpha value is -2.50. The van der Waals surface area contributed by atoms with E-state index in [0.29, 0.717) is 29.5 Å². The van der Waals surface area contributed by atoms with E-state index in [9.17, 15) is 4.79 Å². The molecule has 0 saturated heterocycles. The van der Waals surface area contributed by atoms with Crippen LogP contribution in [0.15, 0.2) is 30.5 Å². The number of carbonyl (C=O) groups is 1. The third-order valence-electron chi connectivity index (χ3n) is 3.64. The molecule has 1 N–H and O–H groups in total. The average Bonchev–Trinajstić information content (AvgIpc) is 2.99. The van der Waals surface area contributed by atoms with Crippen molar-refractivity contribution in [1.82, 2.24) is 9.78 Å². The molecule has 24 heavy (non-hydrogen) atoms. The molecule has 6 nitrogen and oxygen atoms in total. The summed E-state index contributed by atoms with van der Waals surface area (Å²) in [7, 11) is 3.37. The number of methoxy groups -OCH3 is 1. The van der Waals surface area contributed by atoms with Crippen LogP contribution in [-0.2, 0) is 7.05 Å². The van der Waals surface area contributed by atoms with E-state index in [2.05, 4.69) is 17.3 Å². The van der Waals surface area contributed by atoms with Gasteiger partial charge in [-0.05, 0) is 24.6 Å². The van der Waals surface area contributed by atoms with Crippen LogP contribution in [0, 0.1) is 0 Å². The van der Waals surface area contributed by atoms with Crippen molar-refractivity contribution in [2.45, 2.75) is 32.6 Å². The Labute approximate surface area is 142 Å². The fourth-order valence-electron chi connectivity index (χ4n) is 2.31. The number of rotatable bonds is 9. The largest absolute Gasteiger partial charge is 0.493 e. The van der Waals surface area contributed by atoms with Crippen molar-refractivity contribution >= 4 is 11.7 Å². The monoisotopic (exact) mass is 331 g/mol. The fraction of sp³-hybridized carbons (Fsp3) is 0.444. The lowest BCUT2D eigenvalue weighted by Gasteiger charge is -2.12. The van der Waals surface area contributed by atoms with Crippen molar-refractivity contribution in [3.63, 3.8) is 0 Å². The third-order valence-corrected chi connectivity index (χ3v) is 3.64. The van der Waals surface area contributed by atoms with Gasteiger partial charge in [0.15, 0.2) is 17.3 Å². The predicted octanol–water partition coefficient (Wildman–Crippen LogP) is 3.64. The van der Waals surface area contributed by atoms with E-state index in [0.717, 1.165) is 12.8 Å². The molecule has 0 radical (unpaired) electrons. The molecule has 1 aromatic heterocycles. The van der Waals surface area contributed by atoms with Crippen LogP contribution in [0.1, 0.15) is 43.0 Å². The molecule has 6 heteroatoms. The van der Waals surface area contributed by atoms with Crippen LogP contribution in [0.5, 0.6) is 11.5 Å². The number of unbranched alkanes of at least 4 members (excludes halogenated alkanes) is 3. The van der Waals surface area contributed by atoms with Crippen molar-refractivity contribution in [3.05, 3.63) is 36.0 Å². The lowest BCUT2D eigenvalue weighted by atomic mass is 10.2. The summed E-state index contributed by atoms with van der Waals surface area (Å²) in [5.74, 6) is 1.49. The highest BCUT2D eigenvalue weighted by Crippen LogP contribution is 2.28. The number of nitrogens with zero attached hydrogens (tertiary/aromatic N) is 2. The zero-order valence-corrected chi connectivity index (χ0v) is 14.5. The molecule has 0 aliphatic rings. The Kier molecular flexibility index (Phi) is 6.66. The second-order valence-corrected chi connectivity index (χ2v) is 5.60. The molecule has 1 amide bonds. The summed E-state index contributed by atoms with van der Waals surface area (Å²) in [6.07, 6.45) is 6.35. The summed E-state index contributed by atoms with van der Waals surface area (Å²) in [4.78, 5) is 12.3. The van der Waals surface area contributed by atoms with Crippen molar-refractivity contribution in [2.75, 3.05) is 19.0 Å². The summed E-state index contributed by atoms with van der Waals surface area (Å²) < 4.78 is 12.7. The summed E-state index contributed by atoms with van der Waals surface area (Å²) in [6.45, 7) is 2.83. The molecule has 1 aromatic carbocycles. The van der Waals surface area contributed by atoms with Crippen LogP contribution >= 0.6 is 0 Å². The lowest BCUT2D eigenvalue weighted by molar-refractivity contribution is 0.102. The topological polar surface area (TPSA) is 65.4 Å². The van der Waals surface area contributed by atoms with Gasteiger partial charge in [-0.25, -0.2) is 0 Å². The molecule has 0 atom stereocenters. The molecule has 0 spiro atoms. The lowest BCUT2D eigenvalue weighted by Crippen LogP contribution is -2.13. The van der Waals surface area contributed by atoms with Gasteiger partial charge in [-0.3, -0.25) is 9.48 Å². The van der Waals surface area contributed by atoms with Crippen molar-refractivity contribution in [2.24, 2.45) is 7.05 Å². The van der Waals surface area contributed by atoms with Gasteiger partial charge in [0.1, 0.15) is 0 Å². The normalized spacial score (nSPS) is 10.5. The highest BCUT2D eigenvalue weighted by atomic mass is 16.5. The second-order valence-electron chi connectivity index (χ2n) is 5.60. The number of aromatic nitrogens is 2. The molecule has 1 heterocycles. The number of carbonyl (C=O) groups excluding carboxylic acids is 1. The first kappa shape index (κ1) is 17.8. The molecule has 2 aromatic rings. The minimum Gasteiger partial charge on any atom is -0.493 e. The van der Waals surface area contributed by atoms with Crippen molar-refractivity contribution in [3.8, 4) is 11.5 Å². The number of anilines is 1. The highest BCUT2D eigenvalue weighted by molar-refractivity contribution is 6.04. The van der Waals surface area contributed by atoms with Gasteiger partial charge in [0.2, 0.25) is 0 Å². The van der Waals surface area contributed by atoms with Gasteiger partial charge in [0, 0.05) is 24.9 Å². The Balaban J connectivity index is 1.98. The minimum atomic E-state index is -0.235. The number of nitrogens with one attached hydrogen (secondary N) is 1. The highest BCUT2D eigenvalue weighted by Gasteiger charge is 2.12. The first-order valence-electron chi connectivity index (χ1n) is 8.26. The Morgan fingerprint density at radius 3 is 2.71 bits per heavy atom. The van der Waals surface area contributed by atoms with Crippen LogP contribution in [0.4, 0.5) is 5.82 Å². The van der Waals surface area contributed by atoms with E-state index in [4.69, 9.17) is 9.47 Å². The Bertz CT molecular complexity index is 667. The van der Waals surface area contributed by atoms with Crippen LogP contribution < -0.4 is 14.8 Å². The number of aryl methyl sites for hydroxylation is 1. The molecule has 0 aliphatic heterocycles. The van der Waals surface area contributed by atoms with Gasteiger partial charge in [-0.15, -0.1) is 0 Å². The summed E-state index contributed by atoms with van der Waals surface area (Å²) in [5.41, 5.74) is 0.496. The number of benzene rings is 1. The summed E-state index contributed by atoms with van der Waals surface area (Å²) in [6, 6.07) is 6.91. The molecular formula is C18H25N3O3. The number of ether oxygens (including phenoxy) is 2. The second kappa shape index (κ2) is 8.96. The fourth-order valence-corrected chi connectivity index (χ4v) is 2.31. The number of hydrogen-bond acceptors (Lipinski definition) is 4. The molecule has 0 unspecified atom stereocenters. The zero-order valence-electron chi connectivity index (χ0n) is 14.5. The maximum Gasteiger partial charge on any atom is 0.257 e. The maximum atomic E-state index is 12.3. The predicted molar refractivity (Wildman–Crippen MR) is 93.8 cm³/mol. The van der Waals surface area contributed by atoms with Gasteiger partial charge in [0.25, 0.3) is 5.91 Å². The Morgan fingerprint density at radius 2 is 2.04 bits per heavy atom. The van der Waals surface area contributed by atoms with E-state index in [1.807, 2.05) is 0 Å². The van der Waals surface area contributed by atoms with Gasteiger partial charge in [-0.1, -0.05) is 26.2 Å². The average molecular weight is 331 g/mol. The summed E-state index contributed by atoms with van der Waals surface area (Å²) >= 11 is 0. The third kappa shape index (κ3) is 5.01. The molecule has 0 saturated carbocycles. The smallest absolute Gasteiger partial charge is 0.257 e. The van der Waals surface area contributed by atoms with Crippen molar-refractivity contribution in [1.29, 1.82) is 0 Å². The van der Waals surface area contributed by atoms with Gasteiger partial charge < -0.3 is 14.8 Å². The summed E-state index contributed by atoms with van der Waals surface area (Å²) in [5, 5.41) is 6.88. The Morgan fingerprint density at radius 1 is 1.21 bits per heavy atom. The molecule has 0 bridgehead atoms. The van der Waals surface area contributed by atoms with Crippen LogP contribution in [0.25, 0.3) is 0 Å². The van der Waals surface area contributed by atoms with Gasteiger partial charge in [-0.2, -0.15) is 5.10 Å². The van der Waals surface area contributed by atoms with E-state index in [1.165, 1.54) is 12.8 Å². The number of hydrogen-bond donors (Lipinski definition) is 1. The van der Waals surface area contributed by atoms with Crippen LogP contribution in [-0.4, -0.2) is 29.4 Å². The zero-order chi connectivity index (χ0) is 17.4. The van der Waals surface area contributed by atoms with E-state index < -0.39 is 0 Å². The van der Waals surface area contributed by atoms with Gasteiger partial charge >= 0.3 is 0 Å². The maximum absolute atomic E-state index is 12.3. The van der Waals surface area contributed by atoms with E-state index in [-0.39, 0.29) is 5.91 Å². The molecule has 0 aliphatic carbocycles. The van der Waals surface area contributed by atoms with E-state index in [1.54, 1.807) is 49.3 Å². The van der Waals surface area contributed by atoms with Gasteiger partial charge in [0.05, 0.1) is 13.7 Å². The molecule has 0 fully saturated rings. The minimum absolute atomic E-state index is 0.235. The first-order chi connectivity index (χ1) is 11.6. The SMILES string of the molecule is CCCCCCOc1ccc(C(=O)Nc2ccn(C)n2)cc1OC. The number of amides is 1. The standard InChI is InChI=1S/C18H25N3O3/c1-4-5-6-7-12-24-15-9-8-14(13-16(15)23-3)18(22)19-17-10-11-21(2)20-17/h8-11,13H,4-7,12H2,1-3H3,(H,19,20,22). The molecular weight excluding hydrogens is 306 g/mol. The molecule has 130 valence electrons. The van der Waals surface area contributed by atoms with Crippen molar-refractivity contribution < 1.29 is 14.3 Å². The van der Waals surface area contributed by atoms with Crippen LogP contribution in [0.3, 0.4) is 0 Å². The molecule has 2 rings (SSSR count). The van der Waals surface area contributed by atoms with Crippen LogP contribution in [0.2, 0.25) is 0 Å². The first-order valence-corrected chi connectivity index (χ1v) is 8.26. The van der Waals surface area contributed by atoms with E-state index >= 15 is 0 Å². The quantitative estimate of drug-likeness (QED) is 0.713.